The van der Waals surface area contributed by atoms with Crippen LogP contribution < -0.4 is 9.80 Å². The highest BCUT2D eigenvalue weighted by atomic mass is 35.5. The van der Waals surface area contributed by atoms with Crippen LogP contribution in [0, 0.1) is 5.82 Å². The van der Waals surface area contributed by atoms with Crippen molar-refractivity contribution in [1.82, 2.24) is 0 Å². The Hall–Kier alpha value is -2.38. The quantitative estimate of drug-likeness (QED) is 0.749. The van der Waals surface area contributed by atoms with E-state index in [9.17, 15) is 18.8 Å². The minimum absolute atomic E-state index is 0.0564. The van der Waals surface area contributed by atoms with Crippen LogP contribution in [0.15, 0.2) is 42.5 Å². The number of hydrogen-bond donors (Lipinski definition) is 0. The zero-order valence-electron chi connectivity index (χ0n) is 13.5. The molecular weight excluding hydrogens is 379 g/mol. The molecule has 132 valence electrons. The van der Waals surface area contributed by atoms with Gasteiger partial charge in [0.15, 0.2) is 0 Å². The molecule has 0 bridgehead atoms. The van der Waals surface area contributed by atoms with Gasteiger partial charge in [-0.15, -0.1) is 11.8 Å². The van der Waals surface area contributed by atoms with Gasteiger partial charge in [-0.2, -0.15) is 0 Å². The van der Waals surface area contributed by atoms with E-state index in [2.05, 4.69) is 0 Å². The molecule has 3 amide bonds. The number of thioether (sulfide) groups is 1. The Kier molecular flexibility index (Phi) is 3.82. The van der Waals surface area contributed by atoms with Gasteiger partial charge >= 0.3 is 0 Å². The average molecular weight is 391 g/mol. The number of fused-ring (bicyclic) bond motifs is 2. The first-order valence-corrected chi connectivity index (χ1v) is 9.11. The molecule has 2 aromatic carbocycles. The minimum atomic E-state index is -1.40. The van der Waals surface area contributed by atoms with E-state index in [-0.39, 0.29) is 16.7 Å². The van der Waals surface area contributed by atoms with Crippen LogP contribution in [-0.4, -0.2) is 23.5 Å². The first kappa shape index (κ1) is 17.1. The van der Waals surface area contributed by atoms with E-state index < -0.39 is 22.5 Å². The number of benzene rings is 2. The molecule has 2 aliphatic heterocycles. The fourth-order valence-corrected chi connectivity index (χ4v) is 4.94. The Bertz CT molecular complexity index is 983. The number of carbonyl (C=O) groups excluding carboxylic acids is 3. The zero-order valence-corrected chi connectivity index (χ0v) is 15.1. The summed E-state index contributed by atoms with van der Waals surface area (Å²) in [6.45, 7) is 1.30. The lowest BCUT2D eigenvalue weighted by atomic mass is 10.0. The van der Waals surface area contributed by atoms with Crippen molar-refractivity contribution in [3.8, 4) is 0 Å². The van der Waals surface area contributed by atoms with Crippen molar-refractivity contribution in [1.29, 1.82) is 0 Å². The topological polar surface area (TPSA) is 57.7 Å². The summed E-state index contributed by atoms with van der Waals surface area (Å²) < 4.78 is 13.6. The molecule has 0 saturated carbocycles. The van der Waals surface area contributed by atoms with E-state index in [1.165, 1.54) is 24.0 Å². The molecule has 0 aromatic heterocycles. The minimum Gasteiger partial charge on any atom is -0.283 e. The lowest BCUT2D eigenvalue weighted by Crippen LogP contribution is -2.50. The van der Waals surface area contributed by atoms with Crippen LogP contribution in [0.3, 0.4) is 0 Å². The summed E-state index contributed by atoms with van der Waals surface area (Å²) in [4.78, 5) is 39.1. The highest BCUT2D eigenvalue weighted by molar-refractivity contribution is 8.02. The van der Waals surface area contributed by atoms with Crippen molar-refractivity contribution in [2.24, 2.45) is 0 Å². The van der Waals surface area contributed by atoms with Gasteiger partial charge in [-0.1, -0.05) is 29.8 Å². The molecule has 1 spiro atoms. The molecule has 4 rings (SSSR count). The SMILES string of the molecule is CC(=O)N1C(=O)C2(SCC(=O)N2c2ccc(F)c(Cl)c2)c2ccccc21. The van der Waals surface area contributed by atoms with Crippen molar-refractivity contribution in [3.63, 3.8) is 0 Å². The first-order chi connectivity index (χ1) is 12.4. The Morgan fingerprint density at radius 2 is 1.96 bits per heavy atom. The second-order valence-corrected chi connectivity index (χ2v) is 7.51. The fraction of sp³-hybridized carbons (Fsp3) is 0.167. The number of anilines is 2. The molecule has 26 heavy (non-hydrogen) atoms. The Morgan fingerprint density at radius 3 is 2.65 bits per heavy atom. The number of halogens is 2. The van der Waals surface area contributed by atoms with Crippen LogP contribution in [0.1, 0.15) is 12.5 Å². The van der Waals surface area contributed by atoms with Gasteiger partial charge in [0.2, 0.25) is 16.7 Å². The predicted octanol–water partition coefficient (Wildman–Crippen LogP) is 3.31. The molecule has 8 heteroatoms. The summed E-state index contributed by atoms with van der Waals surface area (Å²) in [5.74, 6) is -1.82. The van der Waals surface area contributed by atoms with Crippen molar-refractivity contribution in [2.75, 3.05) is 15.6 Å². The molecular formula is C18H12ClFN2O3S. The lowest BCUT2D eigenvalue weighted by Gasteiger charge is -2.33. The summed E-state index contributed by atoms with van der Waals surface area (Å²) in [6.07, 6.45) is 0. The number of imide groups is 1. The molecule has 1 atom stereocenters. The van der Waals surface area contributed by atoms with E-state index in [1.807, 2.05) is 0 Å². The van der Waals surface area contributed by atoms with E-state index in [1.54, 1.807) is 24.3 Å². The van der Waals surface area contributed by atoms with Crippen molar-refractivity contribution in [3.05, 3.63) is 58.9 Å². The molecule has 2 aromatic rings. The summed E-state index contributed by atoms with van der Waals surface area (Å²) in [5, 5.41) is -0.149. The summed E-state index contributed by atoms with van der Waals surface area (Å²) in [6, 6.07) is 10.7. The second-order valence-electron chi connectivity index (χ2n) is 5.94. The largest absolute Gasteiger partial charge is 0.283 e. The number of nitrogens with zero attached hydrogens (tertiary/aromatic N) is 2. The Labute approximate surface area is 157 Å². The van der Waals surface area contributed by atoms with Crippen LogP contribution in [0.4, 0.5) is 15.8 Å². The van der Waals surface area contributed by atoms with Gasteiger partial charge in [0.25, 0.3) is 5.91 Å². The lowest BCUT2D eigenvalue weighted by molar-refractivity contribution is -0.128. The molecule has 0 radical (unpaired) electrons. The van der Waals surface area contributed by atoms with Crippen LogP contribution >= 0.6 is 23.4 Å². The molecule has 2 heterocycles. The van der Waals surface area contributed by atoms with Crippen molar-refractivity contribution in [2.45, 2.75) is 11.8 Å². The number of para-hydroxylation sites is 1. The van der Waals surface area contributed by atoms with Gasteiger partial charge in [-0.3, -0.25) is 19.3 Å². The van der Waals surface area contributed by atoms with Gasteiger partial charge in [-0.25, -0.2) is 9.29 Å². The number of rotatable bonds is 1. The number of hydrogen-bond acceptors (Lipinski definition) is 4. The Balaban J connectivity index is 1.96. The zero-order chi connectivity index (χ0) is 18.6. The van der Waals surface area contributed by atoms with E-state index in [0.717, 1.165) is 22.7 Å². The van der Waals surface area contributed by atoms with Gasteiger partial charge in [0, 0.05) is 18.2 Å². The standard InChI is InChI=1S/C18H12ClFN2O3S/c1-10(23)21-15-5-3-2-4-12(15)18(17(21)25)22(16(24)9-26-18)11-6-7-14(20)13(19)8-11/h2-8H,9H2,1H3. The normalized spacial score (nSPS) is 21.7. The number of amides is 3. The molecule has 5 nitrogen and oxygen atoms in total. The maximum atomic E-state index is 13.6. The van der Waals surface area contributed by atoms with Crippen LogP contribution in [0.25, 0.3) is 0 Å². The van der Waals surface area contributed by atoms with Crippen LogP contribution in [0.2, 0.25) is 5.02 Å². The van der Waals surface area contributed by atoms with Gasteiger partial charge < -0.3 is 0 Å². The Morgan fingerprint density at radius 1 is 1.23 bits per heavy atom. The van der Waals surface area contributed by atoms with Gasteiger partial charge in [0.1, 0.15) is 5.82 Å². The monoisotopic (exact) mass is 390 g/mol. The summed E-state index contributed by atoms with van der Waals surface area (Å²) in [5.41, 5.74) is 1.31. The van der Waals surface area contributed by atoms with Crippen molar-refractivity contribution < 1.29 is 18.8 Å². The highest BCUT2D eigenvalue weighted by Gasteiger charge is 2.61. The average Bonchev–Trinajstić information content (AvgIpc) is 3.07. The predicted molar refractivity (Wildman–Crippen MR) is 97.6 cm³/mol. The van der Waals surface area contributed by atoms with E-state index in [0.29, 0.717) is 16.9 Å². The van der Waals surface area contributed by atoms with E-state index >= 15 is 0 Å². The maximum Gasteiger partial charge on any atom is 0.275 e. The molecule has 2 aliphatic rings. The smallest absolute Gasteiger partial charge is 0.275 e. The van der Waals surface area contributed by atoms with Gasteiger partial charge in [-0.05, 0) is 24.3 Å². The van der Waals surface area contributed by atoms with Gasteiger partial charge in [0.05, 0.1) is 16.5 Å². The van der Waals surface area contributed by atoms with Crippen LogP contribution in [0.5, 0.6) is 0 Å². The third kappa shape index (κ3) is 2.13. The fourth-order valence-electron chi connectivity index (χ4n) is 3.42. The first-order valence-electron chi connectivity index (χ1n) is 7.74. The van der Waals surface area contributed by atoms with Crippen LogP contribution in [-0.2, 0) is 19.3 Å². The van der Waals surface area contributed by atoms with Crippen molar-refractivity contribution >= 4 is 52.5 Å². The maximum absolute atomic E-state index is 13.6. The number of carbonyl (C=O) groups is 3. The summed E-state index contributed by atoms with van der Waals surface area (Å²) >= 11 is 7.02. The molecule has 1 unspecified atom stereocenters. The molecule has 1 fully saturated rings. The third-order valence-electron chi connectivity index (χ3n) is 4.45. The summed E-state index contributed by atoms with van der Waals surface area (Å²) in [7, 11) is 0. The second kappa shape index (κ2) is 5.82. The highest BCUT2D eigenvalue weighted by Crippen LogP contribution is 2.55. The van der Waals surface area contributed by atoms with E-state index in [4.69, 9.17) is 11.6 Å². The molecule has 0 N–H and O–H groups in total. The molecule has 0 aliphatic carbocycles. The third-order valence-corrected chi connectivity index (χ3v) is 6.12. The molecule has 1 saturated heterocycles.